The molecule has 0 N–H and O–H groups in total. The number of hydrogen-bond donors (Lipinski definition) is 0. The molecule has 0 amide bonds. The Morgan fingerprint density at radius 2 is 2.04 bits per heavy atom. The Morgan fingerprint density at radius 3 is 2.81 bits per heavy atom. The molecule has 26 heavy (non-hydrogen) atoms. The number of rotatable bonds is 6. The Bertz CT molecular complexity index is 963. The maximum Gasteiger partial charge on any atom is 0.331 e. The zero-order valence-electron chi connectivity index (χ0n) is 13.8. The Hall–Kier alpha value is -3.06. The number of ether oxygens (including phenoxy) is 2. The zero-order valence-corrected chi connectivity index (χ0v) is 14.6. The number of fused-ring (bicyclic) bond motifs is 1. The molecule has 0 unspecified atom stereocenters. The molecule has 0 radical (unpaired) electrons. The van der Waals surface area contributed by atoms with E-state index in [4.69, 9.17) is 9.47 Å². The lowest BCUT2D eigenvalue weighted by Crippen LogP contribution is -2.13. The van der Waals surface area contributed by atoms with Gasteiger partial charge in [-0.15, -0.1) is 11.3 Å². The number of para-hydroxylation sites is 1. The molecule has 0 saturated heterocycles. The summed E-state index contributed by atoms with van der Waals surface area (Å²) in [6.07, 6.45) is 2.73. The Morgan fingerprint density at radius 1 is 1.23 bits per heavy atom. The van der Waals surface area contributed by atoms with Crippen LogP contribution in [-0.4, -0.2) is 30.5 Å². The summed E-state index contributed by atoms with van der Waals surface area (Å²) >= 11 is 1.44. The summed E-state index contributed by atoms with van der Waals surface area (Å²) in [4.78, 5) is 28.3. The van der Waals surface area contributed by atoms with Crippen molar-refractivity contribution in [1.29, 1.82) is 0 Å². The predicted molar refractivity (Wildman–Crippen MR) is 96.9 cm³/mol. The van der Waals surface area contributed by atoms with Crippen molar-refractivity contribution in [2.24, 2.45) is 0 Å². The van der Waals surface area contributed by atoms with Crippen LogP contribution in [0.25, 0.3) is 16.3 Å². The molecule has 0 aliphatic heterocycles. The minimum absolute atomic E-state index is 0.0236. The Labute approximate surface area is 152 Å². The standard InChI is InChI=1S/C19H14FNO4S/c1-24-16-7-6-12(20)10-13(16)15(22)11-25-19(23)9-8-18-21-14-4-2-3-5-17(14)26-18/h2-10H,11H2,1H3/b9-8+. The predicted octanol–water partition coefficient (Wildman–Crippen LogP) is 3.88. The number of thiazole rings is 1. The molecule has 1 aromatic heterocycles. The fourth-order valence-electron chi connectivity index (χ4n) is 2.26. The third-order valence-electron chi connectivity index (χ3n) is 3.48. The third-order valence-corrected chi connectivity index (χ3v) is 4.48. The quantitative estimate of drug-likeness (QED) is 0.374. The van der Waals surface area contributed by atoms with E-state index in [1.807, 2.05) is 24.3 Å². The molecule has 132 valence electrons. The minimum atomic E-state index is -0.687. The van der Waals surface area contributed by atoms with E-state index in [-0.39, 0.29) is 11.3 Å². The van der Waals surface area contributed by atoms with Crippen molar-refractivity contribution >= 4 is 39.4 Å². The second-order valence-corrected chi connectivity index (χ2v) is 6.29. The van der Waals surface area contributed by atoms with Crippen LogP contribution in [-0.2, 0) is 9.53 Å². The van der Waals surface area contributed by atoms with Gasteiger partial charge in [0.25, 0.3) is 0 Å². The van der Waals surface area contributed by atoms with E-state index in [0.29, 0.717) is 5.01 Å². The third kappa shape index (κ3) is 4.12. The van der Waals surface area contributed by atoms with Crippen molar-refractivity contribution in [2.45, 2.75) is 0 Å². The van der Waals surface area contributed by atoms with Crippen LogP contribution in [0.15, 0.2) is 48.5 Å². The van der Waals surface area contributed by atoms with Gasteiger partial charge in [-0.3, -0.25) is 4.79 Å². The number of benzene rings is 2. The highest BCUT2D eigenvalue weighted by atomic mass is 32.1. The smallest absolute Gasteiger partial charge is 0.331 e. The Balaban J connectivity index is 1.61. The first kappa shape index (κ1) is 17.8. The molecule has 3 rings (SSSR count). The molecular weight excluding hydrogens is 357 g/mol. The first-order chi connectivity index (χ1) is 12.6. The lowest BCUT2D eigenvalue weighted by atomic mass is 10.1. The van der Waals surface area contributed by atoms with Gasteiger partial charge in [0.2, 0.25) is 5.78 Å². The highest BCUT2D eigenvalue weighted by Gasteiger charge is 2.15. The highest BCUT2D eigenvalue weighted by Crippen LogP contribution is 2.22. The summed E-state index contributed by atoms with van der Waals surface area (Å²) in [7, 11) is 1.37. The number of nitrogens with zero attached hydrogens (tertiary/aromatic N) is 1. The normalized spacial score (nSPS) is 11.0. The van der Waals surface area contributed by atoms with Gasteiger partial charge in [-0.05, 0) is 36.4 Å². The molecule has 0 saturated carbocycles. The van der Waals surface area contributed by atoms with Gasteiger partial charge in [0.1, 0.15) is 16.6 Å². The fourth-order valence-corrected chi connectivity index (χ4v) is 3.13. The lowest BCUT2D eigenvalue weighted by Gasteiger charge is -2.07. The number of halogens is 1. The molecule has 5 nitrogen and oxygen atoms in total. The zero-order chi connectivity index (χ0) is 18.5. The van der Waals surface area contributed by atoms with Crippen LogP contribution in [0.5, 0.6) is 5.75 Å². The first-order valence-electron chi connectivity index (χ1n) is 7.64. The van der Waals surface area contributed by atoms with Crippen LogP contribution >= 0.6 is 11.3 Å². The number of carbonyl (C=O) groups excluding carboxylic acids is 2. The highest BCUT2D eigenvalue weighted by molar-refractivity contribution is 7.19. The molecule has 7 heteroatoms. The summed E-state index contributed by atoms with van der Waals surface area (Å²) in [5.41, 5.74) is 0.870. The van der Waals surface area contributed by atoms with Gasteiger partial charge in [0, 0.05) is 6.08 Å². The van der Waals surface area contributed by atoms with Gasteiger partial charge in [0.05, 0.1) is 22.9 Å². The number of methoxy groups -OCH3 is 1. The van der Waals surface area contributed by atoms with Gasteiger partial charge in [-0.25, -0.2) is 14.2 Å². The molecule has 0 spiro atoms. The SMILES string of the molecule is COc1ccc(F)cc1C(=O)COC(=O)/C=C/c1nc2ccccc2s1. The maximum atomic E-state index is 13.3. The van der Waals surface area contributed by atoms with E-state index >= 15 is 0 Å². The first-order valence-corrected chi connectivity index (χ1v) is 8.45. The molecule has 0 atom stereocenters. The van der Waals surface area contributed by atoms with Crippen molar-refractivity contribution < 1.29 is 23.5 Å². The van der Waals surface area contributed by atoms with E-state index in [2.05, 4.69) is 4.98 Å². The van der Waals surface area contributed by atoms with Crippen LogP contribution in [0, 0.1) is 5.82 Å². The van der Waals surface area contributed by atoms with Crippen LogP contribution in [0.3, 0.4) is 0 Å². The number of aromatic nitrogens is 1. The summed E-state index contributed by atoms with van der Waals surface area (Å²) < 4.78 is 24.2. The topological polar surface area (TPSA) is 65.5 Å². The molecule has 0 aliphatic carbocycles. The average Bonchev–Trinajstić information content (AvgIpc) is 3.07. The fraction of sp³-hybridized carbons (Fsp3) is 0.105. The molecule has 1 heterocycles. The molecular formula is C19H14FNO4S. The second-order valence-electron chi connectivity index (χ2n) is 5.23. The maximum absolute atomic E-state index is 13.3. The van der Waals surface area contributed by atoms with Gasteiger partial charge in [0.15, 0.2) is 6.61 Å². The van der Waals surface area contributed by atoms with Crippen molar-refractivity contribution in [1.82, 2.24) is 4.98 Å². The molecule has 0 fully saturated rings. The number of Topliss-reactive ketones (excluding diaryl/α,β-unsaturated/α-hetero) is 1. The van der Waals surface area contributed by atoms with Gasteiger partial charge in [-0.1, -0.05) is 12.1 Å². The number of hydrogen-bond acceptors (Lipinski definition) is 6. The van der Waals surface area contributed by atoms with Crippen LogP contribution in [0.1, 0.15) is 15.4 Å². The summed E-state index contributed by atoms with van der Waals surface area (Å²) in [5, 5.41) is 0.654. The van der Waals surface area contributed by atoms with Crippen molar-refractivity contribution in [2.75, 3.05) is 13.7 Å². The largest absolute Gasteiger partial charge is 0.496 e. The average molecular weight is 371 g/mol. The van der Waals surface area contributed by atoms with Crippen molar-refractivity contribution in [3.05, 3.63) is 64.9 Å². The number of ketones is 1. The number of esters is 1. The van der Waals surface area contributed by atoms with Gasteiger partial charge in [-0.2, -0.15) is 0 Å². The number of carbonyl (C=O) groups is 2. The van der Waals surface area contributed by atoms with E-state index < -0.39 is 24.2 Å². The van der Waals surface area contributed by atoms with Crippen LogP contribution in [0.2, 0.25) is 0 Å². The van der Waals surface area contributed by atoms with Crippen LogP contribution < -0.4 is 4.74 Å². The lowest BCUT2D eigenvalue weighted by molar-refractivity contribution is -0.136. The summed E-state index contributed by atoms with van der Waals surface area (Å²) in [6.45, 7) is -0.511. The van der Waals surface area contributed by atoms with Crippen LogP contribution in [0.4, 0.5) is 4.39 Å². The molecule has 2 aromatic carbocycles. The second kappa shape index (κ2) is 7.88. The monoisotopic (exact) mass is 371 g/mol. The van der Waals surface area contributed by atoms with Gasteiger partial charge < -0.3 is 9.47 Å². The van der Waals surface area contributed by atoms with Crippen molar-refractivity contribution in [3.63, 3.8) is 0 Å². The summed E-state index contributed by atoms with van der Waals surface area (Å²) in [6, 6.07) is 11.2. The van der Waals surface area contributed by atoms with Gasteiger partial charge >= 0.3 is 5.97 Å². The molecule has 0 aliphatic rings. The molecule has 0 bridgehead atoms. The van der Waals surface area contributed by atoms with E-state index in [1.54, 1.807) is 0 Å². The van der Waals surface area contributed by atoms with E-state index in [9.17, 15) is 14.0 Å². The summed E-state index contributed by atoms with van der Waals surface area (Å²) in [5.74, 6) is -1.59. The Kier molecular flexibility index (Phi) is 5.38. The van der Waals surface area contributed by atoms with E-state index in [1.165, 1.54) is 42.7 Å². The van der Waals surface area contributed by atoms with E-state index in [0.717, 1.165) is 16.3 Å². The van der Waals surface area contributed by atoms with Crippen molar-refractivity contribution in [3.8, 4) is 5.75 Å². The molecule has 3 aromatic rings. The minimum Gasteiger partial charge on any atom is -0.496 e.